The number of aryl methyl sites for hydroxylation is 1. The highest BCUT2D eigenvalue weighted by Gasteiger charge is 2.32. The van der Waals surface area contributed by atoms with Crippen LogP contribution in [-0.2, 0) is 16.2 Å². The van der Waals surface area contributed by atoms with Gasteiger partial charge in [-0.3, -0.25) is 0 Å². The molecule has 0 unspecified atom stereocenters. The lowest BCUT2D eigenvalue weighted by molar-refractivity contribution is 0.474. The first-order valence-electron chi connectivity index (χ1n) is 12.5. The zero-order valence-corrected chi connectivity index (χ0v) is 22.2. The lowest BCUT2D eigenvalue weighted by Crippen LogP contribution is -2.26. The average Bonchev–Trinajstić information content (AvgIpc) is 2.85. The van der Waals surface area contributed by atoms with Crippen LogP contribution in [0.5, 0.6) is 5.75 Å². The molecule has 0 aliphatic rings. The first kappa shape index (κ1) is 24.8. The van der Waals surface area contributed by atoms with Crippen LogP contribution >= 0.6 is 0 Å². The molecule has 0 saturated heterocycles. The fourth-order valence-corrected chi connectivity index (χ4v) is 4.91. The molecule has 180 valence electrons. The fourth-order valence-electron chi connectivity index (χ4n) is 4.91. The van der Waals surface area contributed by atoms with Crippen molar-refractivity contribution in [2.45, 2.75) is 64.7 Å². The Hall–Kier alpha value is -3.32. The second-order valence-electron chi connectivity index (χ2n) is 11.5. The number of hydrogen-bond donors (Lipinski definition) is 1. The molecule has 0 fully saturated rings. The standard InChI is InChI=1S/C34H38O/c1-24-13-15-26(16-14-24)33(4,5)29-21-28(32(2,3)25-11-9-8-10-12-25)22-30(23-29)34(6,7)27-17-19-31(35)20-18-27/h8-23,35H,1-7H3. The van der Waals surface area contributed by atoms with Gasteiger partial charge in [0.05, 0.1) is 0 Å². The van der Waals surface area contributed by atoms with Gasteiger partial charge in [0, 0.05) is 16.2 Å². The number of hydrogen-bond acceptors (Lipinski definition) is 1. The average molecular weight is 463 g/mol. The normalized spacial score (nSPS) is 12.5. The third-order valence-electron chi connectivity index (χ3n) is 7.96. The van der Waals surface area contributed by atoms with Crippen LogP contribution in [0.3, 0.4) is 0 Å². The van der Waals surface area contributed by atoms with Crippen LogP contribution in [-0.4, -0.2) is 5.11 Å². The van der Waals surface area contributed by atoms with Gasteiger partial charge in [-0.25, -0.2) is 0 Å². The molecule has 0 bridgehead atoms. The van der Waals surface area contributed by atoms with Crippen LogP contribution in [0.15, 0.2) is 97.1 Å². The third kappa shape index (κ3) is 4.78. The third-order valence-corrected chi connectivity index (χ3v) is 7.96. The molecule has 4 rings (SSSR count). The highest BCUT2D eigenvalue weighted by Crippen LogP contribution is 2.42. The number of aromatic hydroxyl groups is 1. The van der Waals surface area contributed by atoms with Gasteiger partial charge in [-0.1, -0.05) is 132 Å². The van der Waals surface area contributed by atoms with E-state index in [1.54, 1.807) is 12.1 Å². The van der Waals surface area contributed by atoms with Crippen molar-refractivity contribution >= 4 is 0 Å². The minimum Gasteiger partial charge on any atom is -0.508 e. The summed E-state index contributed by atoms with van der Waals surface area (Å²) >= 11 is 0. The molecule has 1 N–H and O–H groups in total. The summed E-state index contributed by atoms with van der Waals surface area (Å²) in [5, 5.41) is 9.87. The largest absolute Gasteiger partial charge is 0.508 e. The van der Waals surface area contributed by atoms with Crippen molar-refractivity contribution in [1.82, 2.24) is 0 Å². The van der Waals surface area contributed by atoms with Gasteiger partial charge in [-0.05, 0) is 52.4 Å². The van der Waals surface area contributed by atoms with Crippen molar-refractivity contribution in [1.29, 1.82) is 0 Å². The lowest BCUT2D eigenvalue weighted by Gasteiger charge is -2.35. The molecule has 0 spiro atoms. The minimum atomic E-state index is -0.228. The SMILES string of the molecule is Cc1ccc(C(C)(C)c2cc(C(C)(C)c3ccccc3)cc(C(C)(C)c3ccc(O)cc3)c2)cc1. The van der Waals surface area contributed by atoms with Gasteiger partial charge in [0.25, 0.3) is 0 Å². The van der Waals surface area contributed by atoms with E-state index >= 15 is 0 Å². The summed E-state index contributed by atoms with van der Waals surface area (Å²) in [6.07, 6.45) is 0. The Morgan fingerprint density at radius 3 is 1.17 bits per heavy atom. The van der Waals surface area contributed by atoms with Crippen molar-refractivity contribution in [2.24, 2.45) is 0 Å². The summed E-state index contributed by atoms with van der Waals surface area (Å²) in [5.74, 6) is 0.296. The van der Waals surface area contributed by atoms with E-state index < -0.39 is 0 Å². The van der Waals surface area contributed by atoms with Crippen molar-refractivity contribution in [2.75, 3.05) is 0 Å². The second-order valence-corrected chi connectivity index (χ2v) is 11.5. The van der Waals surface area contributed by atoms with Gasteiger partial charge >= 0.3 is 0 Å². The number of benzene rings is 4. The number of rotatable bonds is 6. The van der Waals surface area contributed by atoms with Gasteiger partial charge in [-0.2, -0.15) is 0 Å². The van der Waals surface area contributed by atoms with Gasteiger partial charge in [0.2, 0.25) is 0 Å². The van der Waals surface area contributed by atoms with E-state index in [1.165, 1.54) is 38.9 Å². The minimum absolute atomic E-state index is 0.152. The van der Waals surface area contributed by atoms with Crippen LogP contribution in [0.2, 0.25) is 0 Å². The molecule has 0 saturated carbocycles. The van der Waals surface area contributed by atoms with E-state index in [0.29, 0.717) is 5.75 Å². The summed E-state index contributed by atoms with van der Waals surface area (Å²) < 4.78 is 0. The Bertz CT molecular complexity index is 1220. The summed E-state index contributed by atoms with van der Waals surface area (Å²) in [5.41, 5.74) is 8.44. The van der Waals surface area contributed by atoms with Crippen LogP contribution in [0.1, 0.15) is 80.5 Å². The summed E-state index contributed by atoms with van der Waals surface area (Å²) in [7, 11) is 0. The molecule has 0 heterocycles. The van der Waals surface area contributed by atoms with Gasteiger partial charge in [0.1, 0.15) is 5.75 Å². The number of phenolic OH excluding ortho intramolecular Hbond substituents is 1. The fraction of sp³-hybridized carbons (Fsp3) is 0.294. The predicted octanol–water partition coefficient (Wildman–Crippen LogP) is 8.68. The number of phenols is 1. The maximum Gasteiger partial charge on any atom is 0.115 e. The van der Waals surface area contributed by atoms with E-state index in [4.69, 9.17) is 0 Å². The maximum absolute atomic E-state index is 9.87. The monoisotopic (exact) mass is 462 g/mol. The smallest absolute Gasteiger partial charge is 0.115 e. The molecule has 1 heteroatoms. The molecule has 35 heavy (non-hydrogen) atoms. The first-order valence-corrected chi connectivity index (χ1v) is 12.5. The van der Waals surface area contributed by atoms with Gasteiger partial charge in [0.15, 0.2) is 0 Å². The molecule has 0 atom stereocenters. The van der Waals surface area contributed by atoms with E-state index in [9.17, 15) is 5.11 Å². The molecular formula is C34H38O. The molecule has 0 aromatic heterocycles. The molecular weight excluding hydrogens is 424 g/mol. The van der Waals surface area contributed by atoms with Crippen molar-refractivity contribution < 1.29 is 5.11 Å². The van der Waals surface area contributed by atoms with E-state index in [-0.39, 0.29) is 16.2 Å². The van der Waals surface area contributed by atoms with Gasteiger partial charge in [-0.15, -0.1) is 0 Å². The Morgan fingerprint density at radius 2 is 0.771 bits per heavy atom. The van der Waals surface area contributed by atoms with Crippen molar-refractivity contribution in [3.05, 3.63) is 136 Å². The van der Waals surface area contributed by atoms with Crippen molar-refractivity contribution in [3.8, 4) is 5.75 Å². The zero-order valence-electron chi connectivity index (χ0n) is 22.2. The molecule has 1 nitrogen and oxygen atoms in total. The molecule has 0 aliphatic carbocycles. The lowest BCUT2D eigenvalue weighted by atomic mass is 9.69. The van der Waals surface area contributed by atoms with Crippen LogP contribution in [0, 0.1) is 6.92 Å². The molecule has 0 radical (unpaired) electrons. The maximum atomic E-state index is 9.87. The van der Waals surface area contributed by atoms with Crippen molar-refractivity contribution in [3.63, 3.8) is 0 Å². The van der Waals surface area contributed by atoms with E-state index in [1.807, 2.05) is 12.1 Å². The Kier molecular flexibility index (Phi) is 6.40. The summed E-state index contributed by atoms with van der Waals surface area (Å²) in [4.78, 5) is 0. The predicted molar refractivity (Wildman–Crippen MR) is 149 cm³/mol. The van der Waals surface area contributed by atoms with Crippen LogP contribution < -0.4 is 0 Å². The molecule has 4 aromatic carbocycles. The summed E-state index contributed by atoms with van der Waals surface area (Å²) in [6.45, 7) is 16.0. The van der Waals surface area contributed by atoms with E-state index in [2.05, 4.69) is 121 Å². The highest BCUT2D eigenvalue weighted by molar-refractivity contribution is 5.51. The summed E-state index contributed by atoms with van der Waals surface area (Å²) in [6, 6.07) is 34.5. The van der Waals surface area contributed by atoms with E-state index in [0.717, 1.165) is 0 Å². The topological polar surface area (TPSA) is 20.2 Å². The highest BCUT2D eigenvalue weighted by atomic mass is 16.3. The second kappa shape index (κ2) is 9.04. The quantitative estimate of drug-likeness (QED) is 0.304. The molecule has 4 aromatic rings. The zero-order chi connectivity index (χ0) is 25.4. The van der Waals surface area contributed by atoms with Crippen LogP contribution in [0.4, 0.5) is 0 Å². The molecule has 0 aliphatic heterocycles. The first-order chi connectivity index (χ1) is 16.4. The van der Waals surface area contributed by atoms with Crippen LogP contribution in [0.25, 0.3) is 0 Å². The Morgan fingerprint density at radius 1 is 0.429 bits per heavy atom. The van der Waals surface area contributed by atoms with Gasteiger partial charge < -0.3 is 5.11 Å². The molecule has 0 amide bonds. The Balaban J connectivity index is 1.94. The Labute approximate surface area is 211 Å².